The third kappa shape index (κ3) is 2.62. The first-order chi connectivity index (χ1) is 9.34. The molecular weight excluding hydrogens is 324 g/mol. The third-order valence-corrected chi connectivity index (χ3v) is 6.05. The van der Waals surface area contributed by atoms with Crippen LogP contribution in [0.5, 0.6) is 0 Å². The van der Waals surface area contributed by atoms with E-state index in [2.05, 4.69) is 0 Å². The van der Waals surface area contributed by atoms with Crippen LogP contribution in [0.4, 0.5) is 11.4 Å². The molecule has 0 aliphatic carbocycles. The van der Waals surface area contributed by atoms with E-state index >= 15 is 0 Å². The minimum absolute atomic E-state index is 0.0641. The fraction of sp³-hybridized carbons (Fsp3) is 0.0909. The molecule has 6 nitrogen and oxygen atoms in total. The number of halogens is 1. The van der Waals surface area contributed by atoms with Crippen LogP contribution < -0.4 is 4.31 Å². The lowest BCUT2D eigenvalue weighted by molar-refractivity contribution is -0.384. The maximum Gasteiger partial charge on any atom is 0.273 e. The SMILES string of the molecule is CN(c1cc([N+](=O)[O-])ccc1Cl)S(=O)(=O)c1cccs1. The summed E-state index contributed by atoms with van der Waals surface area (Å²) in [5, 5.41) is 12.5. The van der Waals surface area contributed by atoms with Crippen molar-refractivity contribution in [2.24, 2.45) is 0 Å². The number of non-ortho nitro benzene ring substituents is 1. The number of anilines is 1. The Kier molecular flexibility index (Phi) is 3.98. The summed E-state index contributed by atoms with van der Waals surface area (Å²) in [6.07, 6.45) is 0. The number of hydrogen-bond acceptors (Lipinski definition) is 5. The Morgan fingerprint density at radius 3 is 2.60 bits per heavy atom. The summed E-state index contributed by atoms with van der Waals surface area (Å²) in [6, 6.07) is 6.72. The van der Waals surface area contributed by atoms with Crippen LogP contribution in [-0.2, 0) is 10.0 Å². The van der Waals surface area contributed by atoms with Gasteiger partial charge in [0.15, 0.2) is 0 Å². The van der Waals surface area contributed by atoms with Crippen molar-refractivity contribution in [2.45, 2.75) is 4.21 Å². The van der Waals surface area contributed by atoms with Crippen molar-refractivity contribution < 1.29 is 13.3 Å². The van der Waals surface area contributed by atoms with Crippen molar-refractivity contribution in [1.29, 1.82) is 0 Å². The van der Waals surface area contributed by atoms with E-state index in [4.69, 9.17) is 11.6 Å². The number of thiophene rings is 1. The second-order valence-electron chi connectivity index (χ2n) is 3.80. The van der Waals surface area contributed by atoms with Crippen LogP contribution >= 0.6 is 22.9 Å². The van der Waals surface area contributed by atoms with Crippen LogP contribution in [-0.4, -0.2) is 20.4 Å². The first kappa shape index (κ1) is 14.8. The molecule has 0 N–H and O–H groups in total. The predicted molar refractivity (Wildman–Crippen MR) is 78.0 cm³/mol. The highest BCUT2D eigenvalue weighted by Gasteiger charge is 2.25. The number of nitrogens with zero attached hydrogens (tertiary/aromatic N) is 2. The zero-order valence-electron chi connectivity index (χ0n) is 10.2. The van der Waals surface area contributed by atoms with E-state index in [1.165, 1.54) is 25.2 Å². The van der Waals surface area contributed by atoms with Crippen LogP contribution in [0.15, 0.2) is 39.9 Å². The van der Waals surface area contributed by atoms with Gasteiger partial charge in [0.25, 0.3) is 15.7 Å². The smallest absolute Gasteiger partial charge is 0.267 e. The van der Waals surface area contributed by atoms with Crippen LogP contribution in [0, 0.1) is 10.1 Å². The molecule has 0 aliphatic rings. The van der Waals surface area contributed by atoms with Crippen molar-refractivity contribution in [3.05, 3.63) is 50.8 Å². The molecule has 0 saturated carbocycles. The summed E-state index contributed by atoms with van der Waals surface area (Å²) in [5.41, 5.74) is -0.160. The Hall–Kier alpha value is -1.64. The molecule has 0 unspecified atom stereocenters. The lowest BCUT2D eigenvalue weighted by Gasteiger charge is -2.19. The highest BCUT2D eigenvalue weighted by atomic mass is 35.5. The van der Waals surface area contributed by atoms with Crippen molar-refractivity contribution in [2.75, 3.05) is 11.4 Å². The molecule has 0 bridgehead atoms. The Morgan fingerprint density at radius 1 is 1.35 bits per heavy atom. The molecule has 0 radical (unpaired) electrons. The molecule has 0 atom stereocenters. The zero-order chi connectivity index (χ0) is 14.9. The van der Waals surface area contributed by atoms with Gasteiger partial charge in [0.1, 0.15) is 4.21 Å². The van der Waals surface area contributed by atoms with Crippen LogP contribution in [0.1, 0.15) is 0 Å². The largest absolute Gasteiger partial charge is 0.273 e. The van der Waals surface area contributed by atoms with E-state index in [0.29, 0.717) is 0 Å². The molecule has 1 aromatic heterocycles. The van der Waals surface area contributed by atoms with Crippen molar-refractivity contribution >= 4 is 44.3 Å². The van der Waals surface area contributed by atoms with E-state index in [1.807, 2.05) is 0 Å². The van der Waals surface area contributed by atoms with E-state index in [9.17, 15) is 18.5 Å². The minimum Gasteiger partial charge on any atom is -0.267 e. The average Bonchev–Trinajstić information content (AvgIpc) is 2.92. The van der Waals surface area contributed by atoms with Gasteiger partial charge in [0, 0.05) is 19.2 Å². The maximum atomic E-state index is 12.3. The highest BCUT2D eigenvalue weighted by molar-refractivity contribution is 7.94. The Morgan fingerprint density at radius 2 is 2.05 bits per heavy atom. The number of nitro groups is 1. The van der Waals surface area contributed by atoms with E-state index in [1.54, 1.807) is 11.4 Å². The van der Waals surface area contributed by atoms with Crippen molar-refractivity contribution in [3.63, 3.8) is 0 Å². The molecule has 0 saturated heterocycles. The third-order valence-electron chi connectivity index (χ3n) is 2.59. The second-order valence-corrected chi connectivity index (χ2v) is 7.35. The molecule has 9 heteroatoms. The van der Waals surface area contributed by atoms with Gasteiger partial charge in [-0.05, 0) is 17.5 Å². The fourth-order valence-electron chi connectivity index (χ4n) is 1.53. The van der Waals surface area contributed by atoms with Gasteiger partial charge < -0.3 is 0 Å². The van der Waals surface area contributed by atoms with Gasteiger partial charge >= 0.3 is 0 Å². The number of hydrogen-bond donors (Lipinski definition) is 0. The molecule has 1 heterocycles. The van der Waals surface area contributed by atoms with Crippen molar-refractivity contribution in [3.8, 4) is 0 Å². The summed E-state index contributed by atoms with van der Waals surface area (Å²) >= 11 is 7.00. The molecule has 1 aromatic carbocycles. The first-order valence-corrected chi connectivity index (χ1v) is 8.00. The van der Waals surface area contributed by atoms with Gasteiger partial charge in [0.2, 0.25) is 0 Å². The lowest BCUT2D eigenvalue weighted by Crippen LogP contribution is -2.26. The standard InChI is InChI=1S/C11H9ClN2O4S2/c1-13(20(17,18)11-3-2-6-19-11)10-7-8(14(15)16)4-5-9(10)12/h2-7H,1H3. The molecule has 106 valence electrons. The summed E-state index contributed by atoms with van der Waals surface area (Å²) < 4.78 is 25.7. The molecular formula is C11H9ClN2O4S2. The Balaban J connectivity index is 2.51. The second kappa shape index (κ2) is 5.39. The molecule has 0 amide bonds. The van der Waals surface area contributed by atoms with Gasteiger partial charge in [-0.25, -0.2) is 8.42 Å². The number of rotatable bonds is 4. The summed E-state index contributed by atoms with van der Waals surface area (Å²) in [6.45, 7) is 0. The molecule has 2 aromatic rings. The van der Waals surface area contributed by atoms with Crippen LogP contribution in [0.3, 0.4) is 0 Å². The van der Waals surface area contributed by atoms with Gasteiger partial charge in [0.05, 0.1) is 15.6 Å². The topological polar surface area (TPSA) is 80.5 Å². The Bertz CT molecular complexity index is 744. The molecule has 0 fully saturated rings. The maximum absolute atomic E-state index is 12.3. The van der Waals surface area contributed by atoms with Gasteiger partial charge in [-0.3, -0.25) is 14.4 Å². The quantitative estimate of drug-likeness (QED) is 0.636. The van der Waals surface area contributed by atoms with Gasteiger partial charge in [-0.1, -0.05) is 17.7 Å². The number of nitro benzene ring substituents is 1. The Labute approximate surface area is 124 Å². The zero-order valence-corrected chi connectivity index (χ0v) is 12.6. The van der Waals surface area contributed by atoms with Gasteiger partial charge in [-0.15, -0.1) is 11.3 Å². The average molecular weight is 333 g/mol. The lowest BCUT2D eigenvalue weighted by atomic mass is 10.3. The van der Waals surface area contributed by atoms with Crippen molar-refractivity contribution in [1.82, 2.24) is 0 Å². The number of benzene rings is 1. The predicted octanol–water partition coefficient (Wildman–Crippen LogP) is 3.13. The van der Waals surface area contributed by atoms with Crippen LogP contribution in [0.25, 0.3) is 0 Å². The van der Waals surface area contributed by atoms with Gasteiger partial charge in [-0.2, -0.15) is 0 Å². The van der Waals surface area contributed by atoms with Crippen LogP contribution in [0.2, 0.25) is 5.02 Å². The van der Waals surface area contributed by atoms with E-state index in [0.717, 1.165) is 21.7 Å². The first-order valence-electron chi connectivity index (χ1n) is 5.30. The number of sulfonamides is 1. The summed E-state index contributed by atoms with van der Waals surface area (Å²) in [5.74, 6) is 0. The summed E-state index contributed by atoms with van der Waals surface area (Å²) in [4.78, 5) is 10.2. The van der Waals surface area contributed by atoms with E-state index in [-0.39, 0.29) is 20.6 Å². The monoisotopic (exact) mass is 332 g/mol. The molecule has 0 spiro atoms. The molecule has 2 rings (SSSR count). The minimum atomic E-state index is -3.77. The fourth-order valence-corrected chi connectivity index (χ4v) is 4.19. The molecule has 0 aliphatic heterocycles. The van der Waals surface area contributed by atoms with E-state index < -0.39 is 14.9 Å². The highest BCUT2D eigenvalue weighted by Crippen LogP contribution is 2.33. The normalized spacial score (nSPS) is 11.3. The summed E-state index contributed by atoms with van der Waals surface area (Å²) in [7, 11) is -2.46. The molecule has 20 heavy (non-hydrogen) atoms.